The lowest BCUT2D eigenvalue weighted by Gasteiger charge is -2.40. The number of nitriles is 1. The highest BCUT2D eigenvalue weighted by Crippen LogP contribution is 2.29. The van der Waals surface area contributed by atoms with Crippen molar-refractivity contribution in [1.82, 2.24) is 4.90 Å². The van der Waals surface area contributed by atoms with Crippen molar-refractivity contribution in [3.8, 4) is 6.07 Å². The fraction of sp³-hybridized carbons (Fsp3) is 0.846. The first kappa shape index (κ1) is 13.3. The molecule has 0 aromatic heterocycles. The van der Waals surface area contributed by atoms with Gasteiger partial charge in [-0.05, 0) is 12.8 Å². The van der Waals surface area contributed by atoms with Crippen LogP contribution in [0.4, 0.5) is 0 Å². The molecule has 2 aliphatic rings. The zero-order valence-electron chi connectivity index (χ0n) is 10.7. The third-order valence-electron chi connectivity index (χ3n) is 4.07. The van der Waals surface area contributed by atoms with Gasteiger partial charge in [0.15, 0.2) is 0 Å². The molecule has 2 N–H and O–H groups in total. The van der Waals surface area contributed by atoms with E-state index in [9.17, 15) is 10.1 Å². The lowest BCUT2D eigenvalue weighted by atomic mass is 9.93. The van der Waals surface area contributed by atoms with Crippen LogP contribution in [0.1, 0.15) is 32.1 Å². The zero-order valence-corrected chi connectivity index (χ0v) is 10.7. The van der Waals surface area contributed by atoms with E-state index >= 15 is 0 Å². The molecule has 0 radical (unpaired) electrons. The maximum atomic E-state index is 11.5. The van der Waals surface area contributed by atoms with E-state index in [2.05, 4.69) is 11.0 Å². The summed E-state index contributed by atoms with van der Waals surface area (Å²) in [5.41, 5.74) is 5.45. The van der Waals surface area contributed by atoms with Gasteiger partial charge in [0.2, 0.25) is 5.91 Å². The molecule has 0 aromatic carbocycles. The van der Waals surface area contributed by atoms with Crippen molar-refractivity contribution in [2.75, 3.05) is 19.8 Å². The second-order valence-electron chi connectivity index (χ2n) is 5.17. The van der Waals surface area contributed by atoms with Crippen LogP contribution in [0, 0.1) is 17.2 Å². The normalized spacial score (nSPS) is 34.5. The van der Waals surface area contributed by atoms with E-state index in [0.717, 1.165) is 25.7 Å². The Hall–Kier alpha value is -1.12. The molecule has 0 spiro atoms. The second kappa shape index (κ2) is 6.17. The van der Waals surface area contributed by atoms with Crippen LogP contribution in [0.25, 0.3) is 0 Å². The Bertz CT molecular complexity index is 340. The number of carbonyl (C=O) groups is 1. The van der Waals surface area contributed by atoms with E-state index < -0.39 is 0 Å². The van der Waals surface area contributed by atoms with Crippen LogP contribution in [0.15, 0.2) is 0 Å². The molecule has 3 atom stereocenters. The molecule has 100 valence electrons. The van der Waals surface area contributed by atoms with Crippen molar-refractivity contribution >= 4 is 5.91 Å². The lowest BCUT2D eigenvalue weighted by Crippen LogP contribution is -2.57. The van der Waals surface area contributed by atoms with Gasteiger partial charge in [0, 0.05) is 12.6 Å². The predicted octanol–water partition coefficient (Wildman–Crippen LogP) is 0.645. The summed E-state index contributed by atoms with van der Waals surface area (Å²) in [5.74, 6) is -0.317. The molecule has 5 nitrogen and oxygen atoms in total. The monoisotopic (exact) mass is 251 g/mol. The standard InChI is InChI=1S/C13H21N3O2/c14-8-10-4-2-1-3-5-11(10)16-6-7-18-9-12(16)13(15)17/h10-12H,1-7,9H2,(H2,15,17). The average molecular weight is 251 g/mol. The third kappa shape index (κ3) is 2.82. The van der Waals surface area contributed by atoms with Crippen LogP contribution in [-0.2, 0) is 9.53 Å². The largest absolute Gasteiger partial charge is 0.378 e. The van der Waals surface area contributed by atoms with E-state index in [1.807, 2.05) is 0 Å². The molecule has 1 aliphatic carbocycles. The van der Waals surface area contributed by atoms with E-state index in [0.29, 0.717) is 19.8 Å². The smallest absolute Gasteiger partial charge is 0.237 e. The van der Waals surface area contributed by atoms with Crippen LogP contribution >= 0.6 is 0 Å². The van der Waals surface area contributed by atoms with Crippen LogP contribution in [0.3, 0.4) is 0 Å². The number of morpholine rings is 1. The highest BCUT2D eigenvalue weighted by molar-refractivity contribution is 5.80. The molecule has 0 aromatic rings. The number of primary amides is 1. The number of hydrogen-bond acceptors (Lipinski definition) is 4. The van der Waals surface area contributed by atoms with Crippen molar-refractivity contribution in [1.29, 1.82) is 5.26 Å². The van der Waals surface area contributed by atoms with Gasteiger partial charge in [-0.2, -0.15) is 5.26 Å². The first-order chi connectivity index (χ1) is 8.74. The zero-order chi connectivity index (χ0) is 13.0. The molecule has 1 amide bonds. The van der Waals surface area contributed by atoms with Crippen molar-refractivity contribution < 1.29 is 9.53 Å². The van der Waals surface area contributed by atoms with Gasteiger partial charge in [-0.15, -0.1) is 0 Å². The summed E-state index contributed by atoms with van der Waals surface area (Å²) in [6.07, 6.45) is 5.35. The third-order valence-corrected chi connectivity index (χ3v) is 4.07. The van der Waals surface area contributed by atoms with E-state index in [1.165, 1.54) is 6.42 Å². The van der Waals surface area contributed by atoms with Crippen LogP contribution in [-0.4, -0.2) is 42.6 Å². The Morgan fingerprint density at radius 1 is 1.33 bits per heavy atom. The summed E-state index contributed by atoms with van der Waals surface area (Å²) in [5, 5.41) is 9.32. The summed E-state index contributed by atoms with van der Waals surface area (Å²) in [7, 11) is 0. The minimum atomic E-state index is -0.363. The summed E-state index contributed by atoms with van der Waals surface area (Å²) in [6, 6.07) is 2.22. The van der Waals surface area contributed by atoms with Gasteiger partial charge in [-0.1, -0.05) is 19.3 Å². The summed E-state index contributed by atoms with van der Waals surface area (Å²) in [4.78, 5) is 13.6. The van der Waals surface area contributed by atoms with Crippen molar-refractivity contribution in [2.45, 2.75) is 44.2 Å². The van der Waals surface area contributed by atoms with Gasteiger partial charge in [0.05, 0.1) is 25.2 Å². The molecule has 1 saturated heterocycles. The number of nitrogens with two attached hydrogens (primary N) is 1. The summed E-state index contributed by atoms with van der Waals surface area (Å²) in [6.45, 7) is 1.69. The van der Waals surface area contributed by atoms with Crippen LogP contribution < -0.4 is 5.73 Å². The van der Waals surface area contributed by atoms with Gasteiger partial charge in [0.25, 0.3) is 0 Å². The topological polar surface area (TPSA) is 79.3 Å². The Labute approximate surface area is 108 Å². The van der Waals surface area contributed by atoms with E-state index in [4.69, 9.17) is 10.5 Å². The fourth-order valence-corrected chi connectivity index (χ4v) is 3.09. The predicted molar refractivity (Wildman–Crippen MR) is 66.5 cm³/mol. The molecule has 1 heterocycles. The summed E-state index contributed by atoms with van der Waals surface area (Å²) >= 11 is 0. The number of hydrogen-bond donors (Lipinski definition) is 1. The van der Waals surface area contributed by atoms with Crippen molar-refractivity contribution in [2.24, 2.45) is 11.7 Å². The van der Waals surface area contributed by atoms with Crippen LogP contribution in [0.2, 0.25) is 0 Å². The highest BCUT2D eigenvalue weighted by Gasteiger charge is 2.37. The van der Waals surface area contributed by atoms with Gasteiger partial charge < -0.3 is 10.5 Å². The van der Waals surface area contributed by atoms with Crippen LogP contribution in [0.5, 0.6) is 0 Å². The maximum Gasteiger partial charge on any atom is 0.237 e. The quantitative estimate of drug-likeness (QED) is 0.731. The second-order valence-corrected chi connectivity index (χ2v) is 5.17. The Balaban J connectivity index is 2.14. The maximum absolute atomic E-state index is 11.5. The molecule has 2 fully saturated rings. The van der Waals surface area contributed by atoms with E-state index in [1.54, 1.807) is 0 Å². The molecule has 1 aliphatic heterocycles. The number of amides is 1. The Kier molecular flexibility index (Phi) is 4.56. The Morgan fingerprint density at radius 2 is 2.11 bits per heavy atom. The van der Waals surface area contributed by atoms with Gasteiger partial charge in [0.1, 0.15) is 6.04 Å². The molecule has 0 bridgehead atoms. The molecular weight excluding hydrogens is 230 g/mol. The van der Waals surface area contributed by atoms with Crippen molar-refractivity contribution in [3.63, 3.8) is 0 Å². The molecule has 2 rings (SSSR count). The number of carbonyl (C=O) groups excluding carboxylic acids is 1. The minimum absolute atomic E-state index is 0.0208. The fourth-order valence-electron chi connectivity index (χ4n) is 3.09. The number of rotatable bonds is 2. The van der Waals surface area contributed by atoms with Gasteiger partial charge in [-0.3, -0.25) is 9.69 Å². The average Bonchev–Trinajstić information content (AvgIpc) is 2.63. The molecular formula is C13H21N3O2. The van der Waals surface area contributed by atoms with E-state index in [-0.39, 0.29) is 23.9 Å². The molecule has 18 heavy (non-hydrogen) atoms. The van der Waals surface area contributed by atoms with Gasteiger partial charge >= 0.3 is 0 Å². The molecule has 5 heteroatoms. The SMILES string of the molecule is N#CC1CCCCCC1N1CCOCC1C(N)=O. The highest BCUT2D eigenvalue weighted by atomic mass is 16.5. The minimum Gasteiger partial charge on any atom is -0.378 e. The first-order valence-corrected chi connectivity index (χ1v) is 6.76. The first-order valence-electron chi connectivity index (χ1n) is 6.76. The molecule has 3 unspecified atom stereocenters. The summed E-state index contributed by atoms with van der Waals surface area (Å²) < 4.78 is 5.34. The number of ether oxygens (including phenoxy) is 1. The van der Waals surface area contributed by atoms with Crippen molar-refractivity contribution in [3.05, 3.63) is 0 Å². The Morgan fingerprint density at radius 3 is 2.83 bits per heavy atom. The number of nitrogens with zero attached hydrogens (tertiary/aromatic N) is 2. The van der Waals surface area contributed by atoms with Gasteiger partial charge in [-0.25, -0.2) is 0 Å². The lowest BCUT2D eigenvalue weighted by molar-refractivity contribution is -0.132. The molecule has 1 saturated carbocycles.